The zero-order valence-electron chi connectivity index (χ0n) is 22.2. The van der Waals surface area contributed by atoms with E-state index in [1.54, 1.807) is 0 Å². The molecule has 3 aromatic rings. The number of benzene rings is 1. The third-order valence-corrected chi connectivity index (χ3v) is 7.65. The minimum Gasteiger partial charge on any atom is -0.479 e. The van der Waals surface area contributed by atoms with Gasteiger partial charge in [-0.25, -0.2) is 14.6 Å². The van der Waals surface area contributed by atoms with E-state index in [9.17, 15) is 9.59 Å². The molecule has 0 spiro atoms. The number of fused-ring (bicyclic) bond motifs is 1. The number of carboxylic acids is 2. The van der Waals surface area contributed by atoms with Crippen LogP contribution in [0.25, 0.3) is 11.2 Å². The van der Waals surface area contributed by atoms with Crippen LogP contribution in [0.5, 0.6) is 0 Å². The van der Waals surface area contributed by atoms with Gasteiger partial charge in [0.25, 0.3) is 0 Å². The van der Waals surface area contributed by atoms with Gasteiger partial charge in [0.15, 0.2) is 29.2 Å². The van der Waals surface area contributed by atoms with Gasteiger partial charge >= 0.3 is 11.9 Å². The van der Waals surface area contributed by atoms with E-state index in [1.165, 1.54) is 9.13 Å². The Balaban J connectivity index is 0.000000334. The highest BCUT2D eigenvalue weighted by molar-refractivity contribution is 14.1. The van der Waals surface area contributed by atoms with Gasteiger partial charge in [-0.1, -0.05) is 12.1 Å². The van der Waals surface area contributed by atoms with Crippen molar-refractivity contribution in [2.75, 3.05) is 23.8 Å². The maximum Gasteiger partial charge on any atom is 0.335 e. The monoisotopic (exact) mass is 683 g/mol. The molecule has 222 valence electrons. The van der Waals surface area contributed by atoms with Crippen molar-refractivity contribution in [2.24, 2.45) is 5.73 Å². The fourth-order valence-corrected chi connectivity index (χ4v) is 5.27. The molecule has 2 aromatic heterocycles. The molecule has 41 heavy (non-hydrogen) atoms. The molecule has 0 bridgehead atoms. The Morgan fingerprint density at radius 2 is 1.80 bits per heavy atom. The van der Waals surface area contributed by atoms with Crippen LogP contribution in [-0.4, -0.2) is 89.4 Å². The third kappa shape index (κ3) is 8.22. The number of nitrogens with two attached hydrogens (primary N) is 1. The van der Waals surface area contributed by atoms with Gasteiger partial charge in [0.05, 0.1) is 19.0 Å². The molecule has 1 unspecified atom stereocenters. The van der Waals surface area contributed by atoms with Crippen molar-refractivity contribution < 1.29 is 34.8 Å². The van der Waals surface area contributed by atoms with E-state index >= 15 is 0 Å². The summed E-state index contributed by atoms with van der Waals surface area (Å²) in [5.41, 5.74) is 8.94. The first-order valence-electron chi connectivity index (χ1n) is 13.3. The van der Waals surface area contributed by atoms with Crippen LogP contribution < -0.4 is 16.4 Å². The standard InChI is InChI=1S/C22H28IN7O.C4H6O6/c23-15-3-1-2-14(10-15)11-25-20-19-21(30(13-26-19)18-8-9-31-12-18)29-22(28-20)27-17-6-4-16(24)5-7-17;5-1(3(7)8)2(6)4(9)10/h1-3,10,13,16-18H,4-9,11-12,24H2,(H2,25,27,28,29);1-2,5-6H,(H,7,8)(H,9,10)/t;1-,2+. The molecule has 2 aliphatic rings. The van der Waals surface area contributed by atoms with Crippen molar-refractivity contribution in [1.29, 1.82) is 0 Å². The number of imidazole rings is 1. The van der Waals surface area contributed by atoms with Crippen molar-refractivity contribution in [2.45, 2.75) is 69.0 Å². The molecule has 1 aliphatic heterocycles. The molecule has 8 N–H and O–H groups in total. The maximum absolute atomic E-state index is 9.77. The summed E-state index contributed by atoms with van der Waals surface area (Å²) in [5.74, 6) is -2.12. The molecule has 15 heteroatoms. The second-order valence-electron chi connectivity index (χ2n) is 10.0. The van der Waals surface area contributed by atoms with Crippen LogP contribution in [0.2, 0.25) is 0 Å². The lowest BCUT2D eigenvalue weighted by Gasteiger charge is -2.27. The first-order valence-corrected chi connectivity index (χ1v) is 14.3. The highest BCUT2D eigenvalue weighted by Gasteiger charge is 2.29. The average molecular weight is 684 g/mol. The predicted molar refractivity (Wildman–Crippen MR) is 157 cm³/mol. The minimum absolute atomic E-state index is 0.268. The number of nitrogens with zero attached hydrogens (tertiary/aromatic N) is 4. The van der Waals surface area contributed by atoms with Crippen molar-refractivity contribution in [3.05, 3.63) is 39.7 Å². The van der Waals surface area contributed by atoms with E-state index in [4.69, 9.17) is 40.9 Å². The molecule has 1 saturated heterocycles. The highest BCUT2D eigenvalue weighted by atomic mass is 127. The number of aliphatic carboxylic acids is 2. The van der Waals surface area contributed by atoms with E-state index in [-0.39, 0.29) is 6.04 Å². The second-order valence-corrected chi connectivity index (χ2v) is 11.3. The average Bonchev–Trinajstić information content (AvgIpc) is 3.63. The maximum atomic E-state index is 9.77. The zero-order valence-corrected chi connectivity index (χ0v) is 24.3. The van der Waals surface area contributed by atoms with E-state index < -0.39 is 24.1 Å². The lowest BCUT2D eigenvalue weighted by molar-refractivity contribution is -0.165. The Morgan fingerprint density at radius 3 is 2.41 bits per heavy atom. The number of aromatic nitrogens is 4. The summed E-state index contributed by atoms with van der Waals surface area (Å²) in [4.78, 5) is 33.9. The largest absolute Gasteiger partial charge is 0.479 e. The quantitative estimate of drug-likeness (QED) is 0.160. The number of aliphatic hydroxyl groups excluding tert-OH is 2. The van der Waals surface area contributed by atoms with E-state index in [0.717, 1.165) is 55.7 Å². The van der Waals surface area contributed by atoms with Crippen LogP contribution in [0, 0.1) is 3.57 Å². The van der Waals surface area contributed by atoms with E-state index in [0.29, 0.717) is 31.2 Å². The second kappa shape index (κ2) is 14.2. The van der Waals surface area contributed by atoms with Gasteiger partial charge in [0, 0.05) is 28.8 Å². The summed E-state index contributed by atoms with van der Waals surface area (Å²) in [5, 5.41) is 39.6. The number of carbonyl (C=O) groups is 2. The van der Waals surface area contributed by atoms with Crippen LogP contribution in [0.15, 0.2) is 30.6 Å². The molecule has 0 amide bonds. The molecule has 5 rings (SSSR count). The first-order chi connectivity index (χ1) is 19.6. The molecular formula is C26H34IN7O7. The predicted octanol–water partition coefficient (Wildman–Crippen LogP) is 1.56. The van der Waals surface area contributed by atoms with Crippen molar-refractivity contribution in [3.8, 4) is 0 Å². The molecule has 2 fully saturated rings. The van der Waals surface area contributed by atoms with Gasteiger partial charge < -0.3 is 46.1 Å². The first kappa shape index (κ1) is 30.8. The Hall–Kier alpha value is -3.12. The highest BCUT2D eigenvalue weighted by Crippen LogP contribution is 2.28. The van der Waals surface area contributed by atoms with Gasteiger partial charge in [-0.3, -0.25) is 0 Å². The number of anilines is 2. The summed E-state index contributed by atoms with van der Waals surface area (Å²) in [7, 11) is 0. The topological polar surface area (TPSA) is 218 Å². The molecule has 1 aliphatic carbocycles. The third-order valence-electron chi connectivity index (χ3n) is 6.98. The Bertz CT molecular complexity index is 1320. The van der Waals surface area contributed by atoms with Crippen LogP contribution in [0.1, 0.15) is 43.7 Å². The van der Waals surface area contributed by atoms with Crippen molar-refractivity contribution in [3.63, 3.8) is 0 Å². The van der Waals surface area contributed by atoms with Crippen molar-refractivity contribution in [1.82, 2.24) is 19.5 Å². The summed E-state index contributed by atoms with van der Waals surface area (Å²) < 4.78 is 8.96. The Labute approximate surface area is 249 Å². The van der Waals surface area contributed by atoms with Gasteiger partial charge in [-0.05, 0) is 72.4 Å². The summed E-state index contributed by atoms with van der Waals surface area (Å²) in [6, 6.07) is 9.39. The van der Waals surface area contributed by atoms with Crippen molar-refractivity contribution >= 4 is 57.5 Å². The molecule has 3 heterocycles. The van der Waals surface area contributed by atoms with Gasteiger partial charge in [0.2, 0.25) is 5.95 Å². The fourth-order valence-electron chi connectivity index (χ4n) is 4.66. The lowest BCUT2D eigenvalue weighted by Crippen LogP contribution is -2.39. The SMILES string of the molecule is NC1CCC(Nc2nc(NCc3cccc(I)c3)c3ncn(C4CCOC4)c3n2)CC1.O=C(O)[C@@H](O)[C@@H](O)C(=O)O. The van der Waals surface area contributed by atoms with Crippen LogP contribution in [0.4, 0.5) is 11.8 Å². The normalized spacial score (nSPS) is 21.9. The van der Waals surface area contributed by atoms with Crippen LogP contribution in [0.3, 0.4) is 0 Å². The lowest BCUT2D eigenvalue weighted by atomic mass is 9.92. The Morgan fingerprint density at radius 1 is 1.10 bits per heavy atom. The number of rotatable bonds is 9. The number of nitrogens with one attached hydrogen (secondary N) is 2. The Kier molecular flexibility index (Phi) is 10.7. The zero-order chi connectivity index (χ0) is 29.5. The number of carboxylic acid groups (broad SMARTS) is 2. The van der Waals surface area contributed by atoms with E-state index in [1.807, 2.05) is 6.33 Å². The number of halogens is 1. The smallest absolute Gasteiger partial charge is 0.335 e. The molecule has 14 nitrogen and oxygen atoms in total. The van der Waals surface area contributed by atoms with Gasteiger partial charge in [-0.15, -0.1) is 0 Å². The number of hydrogen-bond donors (Lipinski definition) is 7. The number of aliphatic hydroxyl groups is 2. The van der Waals surface area contributed by atoms with Crippen LogP contribution in [-0.2, 0) is 20.9 Å². The molecule has 3 atom stereocenters. The fraction of sp³-hybridized carbons (Fsp3) is 0.500. The van der Waals surface area contributed by atoms with Gasteiger partial charge in [0.1, 0.15) is 0 Å². The summed E-state index contributed by atoms with van der Waals surface area (Å²) >= 11 is 2.34. The van der Waals surface area contributed by atoms with Gasteiger partial charge in [-0.2, -0.15) is 9.97 Å². The van der Waals surface area contributed by atoms with Crippen LogP contribution >= 0.6 is 22.6 Å². The summed E-state index contributed by atoms with van der Waals surface area (Å²) in [6.45, 7) is 2.16. The number of hydrogen-bond acceptors (Lipinski definition) is 11. The molecule has 1 saturated carbocycles. The molecule has 1 aromatic carbocycles. The van der Waals surface area contributed by atoms with E-state index in [2.05, 4.69) is 67.0 Å². The molecular weight excluding hydrogens is 649 g/mol. The number of ether oxygens (including phenoxy) is 1. The minimum atomic E-state index is -2.27. The summed E-state index contributed by atoms with van der Waals surface area (Å²) in [6.07, 6.45) is 2.48. The molecule has 0 radical (unpaired) electrons.